The molecule has 0 aromatic carbocycles. The van der Waals surface area contributed by atoms with Gasteiger partial charge >= 0.3 is 7.82 Å². The Morgan fingerprint density at radius 1 is 0.529 bits per heavy atom. The summed E-state index contributed by atoms with van der Waals surface area (Å²) in [5.41, 5.74) is 0. The van der Waals surface area contributed by atoms with Gasteiger partial charge in [-0.3, -0.25) is 4.52 Å². The summed E-state index contributed by atoms with van der Waals surface area (Å²) in [4.78, 5) is 19.2. The number of hydrogen-bond donors (Lipinski definition) is 2. The minimum atomic E-state index is -4.25. The molecule has 208 valence electrons. The average molecular weight is 508 g/mol. The average Bonchev–Trinajstić information content (AvgIpc) is 2.78. The molecule has 0 saturated heterocycles. The lowest BCUT2D eigenvalue weighted by molar-refractivity contribution is 0.193. The first-order chi connectivity index (χ1) is 16.3. The highest BCUT2D eigenvalue weighted by Crippen LogP contribution is 2.35. The van der Waals surface area contributed by atoms with E-state index in [-0.39, 0.29) is 6.61 Å². The van der Waals surface area contributed by atoms with Gasteiger partial charge in [0.25, 0.3) is 0 Å². The van der Waals surface area contributed by atoms with E-state index in [0.717, 1.165) is 19.3 Å². The second-order valence-corrected chi connectivity index (χ2v) is 11.4. The van der Waals surface area contributed by atoms with Crippen LogP contribution in [0.15, 0.2) is 0 Å². The molecule has 0 heterocycles. The number of nitrogens with zero attached hydrogens (tertiary/aromatic N) is 1. The van der Waals surface area contributed by atoms with Crippen LogP contribution in [0.5, 0.6) is 0 Å². The molecule has 0 spiro atoms. The van der Waals surface area contributed by atoms with Gasteiger partial charge in [-0.1, -0.05) is 142 Å². The standard InChI is InChI=1S/C14H31N.C14H31O4P/c1-4-5-6-7-8-9-10-11-12-13-14-15(2)3;1-2-3-4-5-6-7-8-9-10-11-12-13-14-18-19(15,16)17/h4-14H2,1-3H3;2-14H2,1H3,(H2,15,16,17). The molecule has 0 rings (SSSR count). The largest absolute Gasteiger partial charge is 0.469 e. The quantitative estimate of drug-likeness (QED) is 0.0951. The lowest BCUT2D eigenvalue weighted by atomic mass is 10.1. The first-order valence-electron chi connectivity index (χ1n) is 14.7. The van der Waals surface area contributed by atoms with Gasteiger partial charge in [0, 0.05) is 0 Å². The minimum absolute atomic E-state index is 0.168. The highest BCUT2D eigenvalue weighted by molar-refractivity contribution is 7.46. The minimum Gasteiger partial charge on any atom is -0.309 e. The zero-order valence-electron chi connectivity index (χ0n) is 23.6. The maximum atomic E-state index is 10.4. The molecule has 0 aliphatic carbocycles. The predicted molar refractivity (Wildman–Crippen MR) is 149 cm³/mol. The van der Waals surface area contributed by atoms with Crippen LogP contribution in [-0.4, -0.2) is 41.9 Å². The van der Waals surface area contributed by atoms with E-state index >= 15 is 0 Å². The van der Waals surface area contributed by atoms with Gasteiger partial charge in [0.15, 0.2) is 0 Å². The summed E-state index contributed by atoms with van der Waals surface area (Å²) in [5, 5.41) is 0. The second-order valence-electron chi connectivity index (χ2n) is 10.2. The third kappa shape index (κ3) is 39.3. The van der Waals surface area contributed by atoms with Crippen molar-refractivity contribution < 1.29 is 18.9 Å². The maximum Gasteiger partial charge on any atom is 0.469 e. The number of phosphoric acid groups is 1. The number of hydrogen-bond acceptors (Lipinski definition) is 3. The van der Waals surface area contributed by atoms with Crippen molar-refractivity contribution in [1.82, 2.24) is 4.90 Å². The molecule has 0 radical (unpaired) electrons. The fraction of sp³-hybridized carbons (Fsp3) is 1.00. The van der Waals surface area contributed by atoms with Crippen molar-refractivity contribution in [3.63, 3.8) is 0 Å². The summed E-state index contributed by atoms with van der Waals surface area (Å²) >= 11 is 0. The zero-order chi connectivity index (χ0) is 25.8. The van der Waals surface area contributed by atoms with Gasteiger partial charge in [-0.25, -0.2) is 4.57 Å². The number of unbranched alkanes of at least 4 members (excludes halogenated alkanes) is 20. The first-order valence-corrected chi connectivity index (χ1v) is 16.2. The zero-order valence-corrected chi connectivity index (χ0v) is 24.5. The summed E-state index contributed by atoms with van der Waals surface area (Å²) < 4.78 is 14.8. The Morgan fingerprint density at radius 2 is 0.824 bits per heavy atom. The van der Waals surface area contributed by atoms with Gasteiger partial charge in [0.05, 0.1) is 6.61 Å². The van der Waals surface area contributed by atoms with E-state index in [1.54, 1.807) is 0 Å². The lowest BCUT2D eigenvalue weighted by Gasteiger charge is -2.08. The molecule has 0 fully saturated rings. The molecular weight excluding hydrogens is 445 g/mol. The summed E-state index contributed by atoms with van der Waals surface area (Å²) in [6, 6.07) is 0. The summed E-state index contributed by atoms with van der Waals surface area (Å²) in [5.74, 6) is 0. The van der Waals surface area contributed by atoms with E-state index in [1.807, 2.05) is 0 Å². The molecule has 0 amide bonds. The highest BCUT2D eigenvalue weighted by Gasteiger charge is 2.12. The van der Waals surface area contributed by atoms with Crippen LogP contribution in [0.4, 0.5) is 0 Å². The van der Waals surface area contributed by atoms with Crippen LogP contribution >= 0.6 is 7.82 Å². The molecule has 0 aliphatic rings. The van der Waals surface area contributed by atoms with Crippen LogP contribution in [0.2, 0.25) is 0 Å². The molecule has 6 heteroatoms. The van der Waals surface area contributed by atoms with Crippen molar-refractivity contribution in [1.29, 1.82) is 0 Å². The van der Waals surface area contributed by atoms with Crippen LogP contribution in [0.3, 0.4) is 0 Å². The number of rotatable bonds is 25. The third-order valence-electron chi connectivity index (χ3n) is 6.22. The van der Waals surface area contributed by atoms with Crippen molar-refractivity contribution in [2.75, 3.05) is 27.2 Å². The molecule has 5 nitrogen and oxygen atoms in total. The van der Waals surface area contributed by atoms with Crippen LogP contribution in [0, 0.1) is 0 Å². The molecule has 0 atom stereocenters. The summed E-state index contributed by atoms with van der Waals surface area (Å²) in [6.45, 7) is 5.95. The van der Waals surface area contributed by atoms with Gasteiger partial charge in [0.1, 0.15) is 0 Å². The van der Waals surface area contributed by atoms with Crippen molar-refractivity contribution in [3.05, 3.63) is 0 Å². The summed E-state index contributed by atoms with van der Waals surface area (Å²) in [6.07, 6.45) is 29.2. The molecule has 0 unspecified atom stereocenters. The fourth-order valence-corrected chi connectivity index (χ4v) is 4.41. The smallest absolute Gasteiger partial charge is 0.309 e. The molecule has 34 heavy (non-hydrogen) atoms. The topological polar surface area (TPSA) is 70.0 Å². The first kappa shape index (κ1) is 36.2. The number of phosphoric ester groups is 1. The normalized spacial score (nSPS) is 11.6. The SMILES string of the molecule is CCCCCCCCCCCCCCOP(=O)(O)O.CCCCCCCCCCCCN(C)C. The van der Waals surface area contributed by atoms with Gasteiger partial charge in [0.2, 0.25) is 0 Å². The Morgan fingerprint density at radius 3 is 1.12 bits per heavy atom. The van der Waals surface area contributed by atoms with Crippen LogP contribution in [0.25, 0.3) is 0 Å². The van der Waals surface area contributed by atoms with Gasteiger partial charge in [-0.05, 0) is 33.5 Å². The maximum absolute atomic E-state index is 10.4. The third-order valence-corrected chi connectivity index (χ3v) is 6.74. The van der Waals surface area contributed by atoms with Gasteiger partial charge in [-0.15, -0.1) is 0 Å². The van der Waals surface area contributed by atoms with Crippen LogP contribution in [0.1, 0.15) is 155 Å². The lowest BCUT2D eigenvalue weighted by Crippen LogP contribution is -2.12. The van der Waals surface area contributed by atoms with Gasteiger partial charge in [-0.2, -0.15) is 0 Å². The van der Waals surface area contributed by atoms with Crippen molar-refractivity contribution in [2.45, 2.75) is 155 Å². The monoisotopic (exact) mass is 507 g/mol. The molecule has 0 aromatic rings. The Bertz CT molecular complexity index is 415. The van der Waals surface area contributed by atoms with E-state index in [2.05, 4.69) is 37.4 Å². The highest BCUT2D eigenvalue weighted by atomic mass is 31.2. The second kappa shape index (κ2) is 29.3. The molecule has 2 N–H and O–H groups in total. The molecule has 0 aromatic heterocycles. The summed E-state index contributed by atoms with van der Waals surface area (Å²) in [7, 11) is 0.0729. The van der Waals surface area contributed by atoms with E-state index in [4.69, 9.17) is 9.79 Å². The van der Waals surface area contributed by atoms with E-state index in [9.17, 15) is 4.57 Å². The van der Waals surface area contributed by atoms with Crippen LogP contribution < -0.4 is 0 Å². The van der Waals surface area contributed by atoms with E-state index in [0.29, 0.717) is 0 Å². The van der Waals surface area contributed by atoms with Crippen molar-refractivity contribution in [3.8, 4) is 0 Å². The molecule has 0 aliphatic heterocycles. The predicted octanol–water partition coefficient (Wildman–Crippen LogP) is 9.27. The molecular formula is C28H62NO4P. The Hall–Kier alpha value is 0.0700. The molecule has 0 saturated carbocycles. The molecule has 0 bridgehead atoms. The van der Waals surface area contributed by atoms with Crippen molar-refractivity contribution in [2.24, 2.45) is 0 Å². The van der Waals surface area contributed by atoms with Crippen molar-refractivity contribution >= 4 is 7.82 Å². The van der Waals surface area contributed by atoms with E-state index in [1.165, 1.54) is 129 Å². The van der Waals surface area contributed by atoms with Gasteiger partial charge < -0.3 is 14.7 Å². The van der Waals surface area contributed by atoms with Crippen LogP contribution in [-0.2, 0) is 9.09 Å². The Balaban J connectivity index is 0. The van der Waals surface area contributed by atoms with E-state index < -0.39 is 7.82 Å². The Kier molecular flexibility index (Phi) is 31.2. The fourth-order valence-electron chi connectivity index (χ4n) is 4.04. The Labute approximate surface area is 214 Å².